The molecule has 2 aromatic rings. The molecule has 0 heterocycles. The van der Waals surface area contributed by atoms with E-state index in [4.69, 9.17) is 0 Å². The minimum absolute atomic E-state index is 1.37. The van der Waals surface area contributed by atoms with Gasteiger partial charge in [0.15, 0.2) is 0 Å². The van der Waals surface area contributed by atoms with E-state index < -0.39 is 0 Å². The Morgan fingerprint density at radius 3 is 1.06 bits per heavy atom. The lowest BCUT2D eigenvalue weighted by Crippen LogP contribution is -1.97. The van der Waals surface area contributed by atoms with Gasteiger partial charge in [0, 0.05) is 0 Å². The molecule has 0 aromatic heterocycles. The monoisotopic (exact) mass is 238 g/mol. The smallest absolute Gasteiger partial charge is 0.0117 e. The van der Waals surface area contributed by atoms with Crippen molar-refractivity contribution in [2.24, 2.45) is 0 Å². The van der Waals surface area contributed by atoms with Gasteiger partial charge in [0.1, 0.15) is 0 Å². The first-order valence-corrected chi connectivity index (χ1v) is 6.57. The largest absolute Gasteiger partial charge is 0.0588 e. The molecule has 0 spiro atoms. The lowest BCUT2D eigenvalue weighted by atomic mass is 9.86. The van der Waals surface area contributed by atoms with E-state index in [0.717, 1.165) is 0 Å². The fraction of sp³-hybridized carbons (Fsp3) is 0.333. The van der Waals surface area contributed by atoms with E-state index in [0.29, 0.717) is 0 Å². The summed E-state index contributed by atoms with van der Waals surface area (Å²) in [5, 5.41) is 0. The molecule has 0 N–H and O–H groups in total. The molecule has 0 atom stereocenters. The van der Waals surface area contributed by atoms with Crippen molar-refractivity contribution in [1.29, 1.82) is 0 Å². The van der Waals surface area contributed by atoms with Gasteiger partial charge in [0.2, 0.25) is 0 Å². The predicted molar refractivity (Wildman–Crippen MR) is 80.3 cm³/mol. The molecular weight excluding hydrogens is 216 g/mol. The Labute approximate surface area is 111 Å². The van der Waals surface area contributed by atoms with Crippen LogP contribution in [0.4, 0.5) is 0 Å². The summed E-state index contributed by atoms with van der Waals surface area (Å²) in [6, 6.07) is 8.90. The maximum Gasteiger partial charge on any atom is -0.0117 e. The molecule has 0 saturated heterocycles. The molecule has 0 amide bonds. The first-order chi connectivity index (χ1) is 8.43. The van der Waals surface area contributed by atoms with Crippen LogP contribution >= 0.6 is 0 Å². The third kappa shape index (κ3) is 1.96. The van der Waals surface area contributed by atoms with Crippen molar-refractivity contribution in [1.82, 2.24) is 0 Å². The van der Waals surface area contributed by atoms with Gasteiger partial charge in [-0.2, -0.15) is 0 Å². The number of hydrogen-bond donors (Lipinski definition) is 0. The lowest BCUT2D eigenvalue weighted by molar-refractivity contribution is 1.25. The molecule has 2 rings (SSSR count). The Morgan fingerprint density at radius 1 is 0.444 bits per heavy atom. The number of benzene rings is 2. The van der Waals surface area contributed by atoms with Gasteiger partial charge in [0.25, 0.3) is 0 Å². The molecule has 18 heavy (non-hydrogen) atoms. The molecule has 0 nitrogen and oxygen atoms in total. The Kier molecular flexibility index (Phi) is 3.30. The summed E-state index contributed by atoms with van der Waals surface area (Å²) < 4.78 is 0. The van der Waals surface area contributed by atoms with Crippen LogP contribution in [-0.2, 0) is 0 Å². The number of hydrogen-bond acceptors (Lipinski definition) is 0. The quantitative estimate of drug-likeness (QED) is 0.640. The van der Waals surface area contributed by atoms with E-state index in [9.17, 15) is 0 Å². The Morgan fingerprint density at radius 2 is 0.722 bits per heavy atom. The molecule has 0 aliphatic heterocycles. The van der Waals surface area contributed by atoms with Crippen LogP contribution in [0.3, 0.4) is 0 Å². The molecule has 0 fully saturated rings. The summed E-state index contributed by atoms with van der Waals surface area (Å²) in [5.41, 5.74) is 11.2. The highest BCUT2D eigenvalue weighted by Crippen LogP contribution is 2.35. The van der Waals surface area contributed by atoms with Gasteiger partial charge < -0.3 is 0 Å². The zero-order valence-corrected chi connectivity index (χ0v) is 12.3. The maximum atomic E-state index is 2.24. The molecule has 0 saturated carbocycles. The van der Waals surface area contributed by atoms with Crippen molar-refractivity contribution < 1.29 is 0 Å². The maximum absolute atomic E-state index is 2.24. The SMILES string of the molecule is Cc1ccc(C)c(-c2c(C)ccc(C)c2C)c1C. The first kappa shape index (κ1) is 12.9. The highest BCUT2D eigenvalue weighted by molar-refractivity contribution is 5.78. The molecule has 0 bridgehead atoms. The molecule has 0 aliphatic rings. The molecule has 94 valence electrons. The number of aryl methyl sites for hydroxylation is 4. The minimum atomic E-state index is 1.37. The third-order valence-corrected chi connectivity index (χ3v) is 4.14. The zero-order chi connectivity index (χ0) is 13.4. The topological polar surface area (TPSA) is 0 Å². The highest BCUT2D eigenvalue weighted by Gasteiger charge is 2.13. The van der Waals surface area contributed by atoms with Crippen LogP contribution in [0, 0.1) is 41.5 Å². The third-order valence-electron chi connectivity index (χ3n) is 4.14. The summed E-state index contributed by atoms with van der Waals surface area (Å²) in [6.07, 6.45) is 0. The van der Waals surface area contributed by atoms with Gasteiger partial charge in [-0.1, -0.05) is 24.3 Å². The molecule has 0 unspecified atom stereocenters. The molecular formula is C18H22. The summed E-state index contributed by atoms with van der Waals surface area (Å²) in [4.78, 5) is 0. The summed E-state index contributed by atoms with van der Waals surface area (Å²) >= 11 is 0. The second-order valence-corrected chi connectivity index (χ2v) is 5.40. The lowest BCUT2D eigenvalue weighted by Gasteiger charge is -2.18. The van der Waals surface area contributed by atoms with Crippen molar-refractivity contribution in [3.63, 3.8) is 0 Å². The van der Waals surface area contributed by atoms with Crippen molar-refractivity contribution in [2.45, 2.75) is 41.5 Å². The van der Waals surface area contributed by atoms with Crippen LogP contribution in [0.1, 0.15) is 33.4 Å². The molecule has 0 radical (unpaired) electrons. The summed E-state index contributed by atoms with van der Waals surface area (Å²) in [6.45, 7) is 13.3. The van der Waals surface area contributed by atoms with E-state index >= 15 is 0 Å². The van der Waals surface area contributed by atoms with Crippen molar-refractivity contribution in [3.8, 4) is 11.1 Å². The summed E-state index contributed by atoms with van der Waals surface area (Å²) in [7, 11) is 0. The van der Waals surface area contributed by atoms with E-state index in [1.165, 1.54) is 44.5 Å². The van der Waals surface area contributed by atoms with Gasteiger partial charge in [0.05, 0.1) is 0 Å². The Balaban J connectivity index is 2.85. The van der Waals surface area contributed by atoms with Gasteiger partial charge >= 0.3 is 0 Å². The van der Waals surface area contributed by atoms with Crippen LogP contribution in [0.15, 0.2) is 24.3 Å². The van der Waals surface area contributed by atoms with Gasteiger partial charge in [-0.05, 0) is 86.1 Å². The van der Waals surface area contributed by atoms with Crippen LogP contribution in [0.25, 0.3) is 11.1 Å². The average Bonchev–Trinajstić information content (AvgIpc) is 2.33. The van der Waals surface area contributed by atoms with E-state index in [-0.39, 0.29) is 0 Å². The van der Waals surface area contributed by atoms with Crippen molar-refractivity contribution >= 4 is 0 Å². The molecule has 2 aromatic carbocycles. The van der Waals surface area contributed by atoms with Gasteiger partial charge in [-0.3, -0.25) is 0 Å². The van der Waals surface area contributed by atoms with Crippen LogP contribution < -0.4 is 0 Å². The van der Waals surface area contributed by atoms with Crippen molar-refractivity contribution in [2.75, 3.05) is 0 Å². The molecule has 0 heteroatoms. The Bertz CT molecular complexity index is 548. The van der Waals surface area contributed by atoms with Gasteiger partial charge in [-0.25, -0.2) is 0 Å². The second kappa shape index (κ2) is 4.61. The minimum Gasteiger partial charge on any atom is -0.0588 e. The van der Waals surface area contributed by atoms with E-state index in [2.05, 4.69) is 65.8 Å². The second-order valence-electron chi connectivity index (χ2n) is 5.40. The van der Waals surface area contributed by atoms with E-state index in [1.54, 1.807) is 0 Å². The first-order valence-electron chi connectivity index (χ1n) is 6.57. The fourth-order valence-corrected chi connectivity index (χ4v) is 2.67. The predicted octanol–water partition coefficient (Wildman–Crippen LogP) is 5.20. The van der Waals surface area contributed by atoms with Gasteiger partial charge in [-0.15, -0.1) is 0 Å². The van der Waals surface area contributed by atoms with Crippen molar-refractivity contribution in [3.05, 3.63) is 57.6 Å². The average molecular weight is 238 g/mol. The van der Waals surface area contributed by atoms with Crippen LogP contribution in [-0.4, -0.2) is 0 Å². The zero-order valence-electron chi connectivity index (χ0n) is 12.3. The van der Waals surface area contributed by atoms with E-state index in [1.807, 2.05) is 0 Å². The molecule has 0 aliphatic carbocycles. The standard InChI is InChI=1S/C18H22/c1-11-7-9-13(3)17(15(11)5)18-14(4)10-8-12(2)16(18)6/h7-10H,1-6H3. The fourth-order valence-electron chi connectivity index (χ4n) is 2.67. The van der Waals surface area contributed by atoms with Crippen LogP contribution in [0.5, 0.6) is 0 Å². The summed E-state index contributed by atoms with van der Waals surface area (Å²) in [5.74, 6) is 0. The Hall–Kier alpha value is -1.56. The number of rotatable bonds is 1. The highest BCUT2D eigenvalue weighted by atomic mass is 14.2. The normalized spacial score (nSPS) is 10.8. The van der Waals surface area contributed by atoms with Crippen LogP contribution in [0.2, 0.25) is 0 Å².